The first kappa shape index (κ1) is 32.6. The van der Waals surface area contributed by atoms with Gasteiger partial charge in [0, 0.05) is 21.9 Å². The quantitative estimate of drug-likeness (QED) is 0.238. The highest BCUT2D eigenvalue weighted by atomic mass is 28.4. The fourth-order valence-electron chi connectivity index (χ4n) is 8.06. The van der Waals surface area contributed by atoms with Crippen LogP contribution in [-0.4, -0.2) is 68.3 Å². The molecular formula is C32H58O6Si2. The Morgan fingerprint density at radius 2 is 1.35 bits per heavy atom. The standard InChI is InChI=1S/C32H58O6Si2/c1-19-20-17-23(35)25-21(33)15-16-22(34)26(25)27-32(31(20,11)12,18-24(19)36-39(13,14)28(2,3)4)38-40(37-27,29(5,6)7)30(8,9)10/h21-24,27,33-35H,15-18H2,1-14H3/t21-,22+,23-,24-,27-,32+/m0/s1. The number of fused-ring (bicyclic) bond motifs is 2. The van der Waals surface area contributed by atoms with Crippen molar-refractivity contribution in [3.8, 4) is 0 Å². The molecule has 1 fully saturated rings. The van der Waals surface area contributed by atoms with Gasteiger partial charge in [-0.3, -0.25) is 0 Å². The molecule has 0 aromatic carbocycles. The average Bonchev–Trinajstić information content (AvgIpc) is 3.13. The Labute approximate surface area is 246 Å². The van der Waals surface area contributed by atoms with Gasteiger partial charge in [-0.1, -0.05) is 81.7 Å². The van der Waals surface area contributed by atoms with Crippen LogP contribution in [0.5, 0.6) is 0 Å². The molecule has 4 aliphatic rings. The molecule has 0 aromatic rings. The lowest BCUT2D eigenvalue weighted by Crippen LogP contribution is -2.63. The fourth-order valence-corrected chi connectivity index (χ4v) is 14.6. The second-order valence-corrected chi connectivity index (χ2v) is 26.6. The van der Waals surface area contributed by atoms with Crippen LogP contribution < -0.4 is 0 Å². The molecule has 1 aliphatic heterocycles. The van der Waals surface area contributed by atoms with E-state index in [1.807, 2.05) is 0 Å². The van der Waals surface area contributed by atoms with Crippen molar-refractivity contribution in [2.24, 2.45) is 5.41 Å². The van der Waals surface area contributed by atoms with Gasteiger partial charge in [-0.05, 0) is 61.0 Å². The van der Waals surface area contributed by atoms with Gasteiger partial charge in [0.1, 0.15) is 6.10 Å². The first-order valence-electron chi connectivity index (χ1n) is 15.4. The molecule has 230 valence electrons. The van der Waals surface area contributed by atoms with Gasteiger partial charge in [0.15, 0.2) is 8.32 Å². The molecule has 1 heterocycles. The van der Waals surface area contributed by atoms with E-state index in [4.69, 9.17) is 13.3 Å². The van der Waals surface area contributed by atoms with Crippen LogP contribution >= 0.6 is 0 Å². The van der Waals surface area contributed by atoms with Crippen LogP contribution in [0.1, 0.15) is 109 Å². The summed E-state index contributed by atoms with van der Waals surface area (Å²) in [6.45, 7) is 31.3. The first-order valence-corrected chi connectivity index (χ1v) is 20.1. The normalized spacial score (nSPS) is 36.7. The zero-order valence-electron chi connectivity index (χ0n) is 27.8. The Hall–Kier alpha value is -0.326. The summed E-state index contributed by atoms with van der Waals surface area (Å²) in [4.78, 5) is 0. The van der Waals surface area contributed by atoms with Crippen molar-refractivity contribution in [2.75, 3.05) is 0 Å². The van der Waals surface area contributed by atoms with Crippen molar-refractivity contribution in [1.82, 2.24) is 0 Å². The molecule has 6 nitrogen and oxygen atoms in total. The molecular weight excluding hydrogens is 537 g/mol. The summed E-state index contributed by atoms with van der Waals surface area (Å²) in [5.74, 6) is 0. The molecule has 40 heavy (non-hydrogen) atoms. The van der Waals surface area contributed by atoms with Crippen LogP contribution in [0.25, 0.3) is 0 Å². The lowest BCUT2D eigenvalue weighted by molar-refractivity contribution is -0.0890. The lowest BCUT2D eigenvalue weighted by atomic mass is 9.55. The Morgan fingerprint density at radius 1 is 0.850 bits per heavy atom. The lowest BCUT2D eigenvalue weighted by Gasteiger charge is -2.58. The minimum absolute atomic E-state index is 0.0330. The van der Waals surface area contributed by atoms with Crippen LogP contribution in [-0.2, 0) is 13.3 Å². The van der Waals surface area contributed by atoms with E-state index < -0.39 is 52.3 Å². The van der Waals surface area contributed by atoms with Crippen LogP contribution in [0.15, 0.2) is 22.3 Å². The summed E-state index contributed by atoms with van der Waals surface area (Å²) in [7, 11) is -5.23. The van der Waals surface area contributed by atoms with E-state index in [1.54, 1.807) is 0 Å². The second kappa shape index (κ2) is 9.59. The van der Waals surface area contributed by atoms with Gasteiger partial charge in [-0.25, -0.2) is 0 Å². The van der Waals surface area contributed by atoms with Gasteiger partial charge in [0.05, 0.1) is 30.0 Å². The van der Waals surface area contributed by atoms with Crippen LogP contribution in [0.2, 0.25) is 28.2 Å². The molecule has 1 saturated heterocycles. The van der Waals surface area contributed by atoms with Gasteiger partial charge in [-0.15, -0.1) is 0 Å². The van der Waals surface area contributed by atoms with Gasteiger partial charge >= 0.3 is 8.56 Å². The predicted octanol–water partition coefficient (Wildman–Crippen LogP) is 6.90. The summed E-state index contributed by atoms with van der Waals surface area (Å²) >= 11 is 0. The second-order valence-electron chi connectivity index (χ2n) is 17.2. The highest BCUT2D eigenvalue weighted by molar-refractivity contribution is 6.74. The molecule has 0 unspecified atom stereocenters. The Kier molecular flexibility index (Phi) is 7.81. The van der Waals surface area contributed by atoms with Crippen molar-refractivity contribution in [3.05, 3.63) is 22.3 Å². The average molecular weight is 595 g/mol. The van der Waals surface area contributed by atoms with E-state index in [0.717, 1.165) is 5.57 Å². The molecule has 0 saturated carbocycles. The topological polar surface area (TPSA) is 88.4 Å². The minimum Gasteiger partial charge on any atom is -0.410 e. The molecule has 6 atom stereocenters. The molecule has 0 aromatic heterocycles. The van der Waals surface area contributed by atoms with Gasteiger partial charge in [0.25, 0.3) is 0 Å². The molecule has 3 aliphatic carbocycles. The number of hydrogen-bond acceptors (Lipinski definition) is 6. The molecule has 1 spiro atoms. The predicted molar refractivity (Wildman–Crippen MR) is 166 cm³/mol. The van der Waals surface area contributed by atoms with Crippen molar-refractivity contribution in [2.45, 2.75) is 173 Å². The number of rotatable bonds is 2. The zero-order valence-corrected chi connectivity index (χ0v) is 29.8. The molecule has 3 N–H and O–H groups in total. The van der Waals surface area contributed by atoms with Gasteiger partial charge < -0.3 is 28.6 Å². The van der Waals surface area contributed by atoms with Crippen LogP contribution in [0.3, 0.4) is 0 Å². The maximum absolute atomic E-state index is 11.8. The summed E-state index contributed by atoms with van der Waals surface area (Å²) in [6, 6.07) is 0. The largest absolute Gasteiger partial charge is 0.410 e. The minimum atomic E-state index is -3.06. The summed E-state index contributed by atoms with van der Waals surface area (Å²) in [5.41, 5.74) is 2.20. The van der Waals surface area contributed by atoms with Crippen molar-refractivity contribution in [3.63, 3.8) is 0 Å². The van der Waals surface area contributed by atoms with E-state index in [9.17, 15) is 15.3 Å². The molecule has 4 rings (SSSR count). The van der Waals surface area contributed by atoms with E-state index in [1.165, 1.54) is 5.57 Å². The highest BCUT2D eigenvalue weighted by Gasteiger charge is 2.75. The van der Waals surface area contributed by atoms with Crippen molar-refractivity contribution < 1.29 is 28.6 Å². The van der Waals surface area contributed by atoms with Crippen molar-refractivity contribution >= 4 is 16.9 Å². The van der Waals surface area contributed by atoms with Gasteiger partial charge in [0.2, 0.25) is 0 Å². The van der Waals surface area contributed by atoms with Crippen LogP contribution in [0.4, 0.5) is 0 Å². The van der Waals surface area contributed by atoms with Crippen molar-refractivity contribution in [1.29, 1.82) is 0 Å². The Morgan fingerprint density at radius 3 is 1.82 bits per heavy atom. The third-order valence-electron chi connectivity index (χ3n) is 11.3. The summed E-state index contributed by atoms with van der Waals surface area (Å²) in [5, 5.41) is 34.2. The maximum atomic E-state index is 11.8. The highest BCUT2D eigenvalue weighted by Crippen LogP contribution is 2.67. The molecule has 0 amide bonds. The van der Waals surface area contributed by atoms with E-state index in [0.29, 0.717) is 36.8 Å². The number of aliphatic hydroxyl groups is 3. The maximum Gasteiger partial charge on any atom is 0.350 e. The zero-order chi connectivity index (χ0) is 30.6. The van der Waals surface area contributed by atoms with Crippen LogP contribution in [0, 0.1) is 5.41 Å². The Bertz CT molecular complexity index is 1070. The van der Waals surface area contributed by atoms with E-state index in [-0.39, 0.29) is 21.2 Å². The van der Waals surface area contributed by atoms with E-state index >= 15 is 0 Å². The smallest absolute Gasteiger partial charge is 0.350 e. The summed E-state index contributed by atoms with van der Waals surface area (Å²) < 4.78 is 22.4. The fraction of sp³-hybridized carbons (Fsp3) is 0.875. The third-order valence-corrected chi connectivity index (χ3v) is 21.0. The molecule has 2 bridgehead atoms. The Balaban J connectivity index is 2.07. The molecule has 0 radical (unpaired) electrons. The van der Waals surface area contributed by atoms with E-state index in [2.05, 4.69) is 96.2 Å². The number of hydrogen-bond donors (Lipinski definition) is 3. The number of aliphatic hydroxyl groups excluding tert-OH is 3. The first-order chi connectivity index (χ1) is 17.8. The SMILES string of the molecule is CC1=C2C[C@H](O)C3=C([C@H](O)CC[C@@H]3O)[C@@H]3O[Si](C(C)(C)C)(C(C)(C)C)O[C@@]3(C[C@@H]1O[Si](C)(C)C(C)(C)C)C2(C)C. The monoisotopic (exact) mass is 594 g/mol. The third kappa shape index (κ3) is 4.54. The molecule has 8 heteroatoms. The van der Waals surface area contributed by atoms with Gasteiger partial charge in [-0.2, -0.15) is 0 Å². The summed E-state index contributed by atoms with van der Waals surface area (Å²) in [6.07, 6.45) is -1.41.